The molecule has 0 bridgehead atoms. The highest BCUT2D eigenvalue weighted by atomic mass is 127. The third-order valence-corrected chi connectivity index (χ3v) is 6.04. The van der Waals surface area contributed by atoms with Gasteiger partial charge in [-0.3, -0.25) is 4.90 Å². The van der Waals surface area contributed by atoms with Crippen LogP contribution >= 0.6 is 22.6 Å². The standard InChI is InChI=1S/C15H13IN2O4S/c1-17-13-9-12(22-2)7-8-14(13)23(20,21)18(15(17)19)11-5-3-10(16)4-6-11/h3-9H,1-2H3. The molecule has 1 aliphatic heterocycles. The van der Waals surface area contributed by atoms with E-state index < -0.39 is 16.1 Å². The van der Waals surface area contributed by atoms with Crippen LogP contribution in [0.3, 0.4) is 0 Å². The second kappa shape index (κ2) is 5.68. The lowest BCUT2D eigenvalue weighted by Gasteiger charge is -2.34. The quantitative estimate of drug-likeness (QED) is 0.668. The number of ether oxygens (including phenoxy) is 1. The number of carbonyl (C=O) groups excluding carboxylic acids is 1. The van der Waals surface area contributed by atoms with Crippen LogP contribution in [0.2, 0.25) is 0 Å². The van der Waals surface area contributed by atoms with Crippen molar-refractivity contribution in [2.24, 2.45) is 0 Å². The average molecular weight is 444 g/mol. The molecule has 0 atom stereocenters. The van der Waals surface area contributed by atoms with Gasteiger partial charge in [-0.25, -0.2) is 13.2 Å². The molecule has 6 nitrogen and oxygen atoms in total. The van der Waals surface area contributed by atoms with E-state index in [1.807, 2.05) is 0 Å². The normalized spacial score (nSPS) is 16.2. The van der Waals surface area contributed by atoms with E-state index in [1.165, 1.54) is 31.2 Å². The smallest absolute Gasteiger partial charge is 0.342 e. The fourth-order valence-corrected chi connectivity index (χ4v) is 4.35. The number of anilines is 2. The summed E-state index contributed by atoms with van der Waals surface area (Å²) in [6, 6.07) is 10.6. The van der Waals surface area contributed by atoms with Crippen molar-refractivity contribution in [2.75, 3.05) is 23.4 Å². The number of carbonyl (C=O) groups is 1. The maximum atomic E-state index is 12.9. The maximum Gasteiger partial charge on any atom is 0.342 e. The lowest BCUT2D eigenvalue weighted by Crippen LogP contribution is -2.49. The summed E-state index contributed by atoms with van der Waals surface area (Å²) in [6.45, 7) is 0. The molecule has 23 heavy (non-hydrogen) atoms. The minimum absolute atomic E-state index is 0.0685. The number of methoxy groups -OCH3 is 1. The van der Waals surface area contributed by atoms with Gasteiger partial charge in [0.2, 0.25) is 0 Å². The van der Waals surface area contributed by atoms with Gasteiger partial charge in [-0.15, -0.1) is 0 Å². The third-order valence-electron chi connectivity index (χ3n) is 3.57. The second-order valence-corrected chi connectivity index (χ2v) is 7.92. The van der Waals surface area contributed by atoms with Crippen molar-refractivity contribution in [3.63, 3.8) is 0 Å². The summed E-state index contributed by atoms with van der Waals surface area (Å²) < 4.78 is 32.6. The Hall–Kier alpha value is -1.81. The number of urea groups is 1. The van der Waals surface area contributed by atoms with E-state index in [2.05, 4.69) is 22.6 Å². The number of benzene rings is 2. The monoisotopic (exact) mass is 444 g/mol. The van der Waals surface area contributed by atoms with Crippen molar-refractivity contribution in [3.05, 3.63) is 46.0 Å². The number of fused-ring (bicyclic) bond motifs is 1. The molecule has 8 heteroatoms. The number of nitrogens with zero attached hydrogens (tertiary/aromatic N) is 2. The maximum absolute atomic E-state index is 12.9. The van der Waals surface area contributed by atoms with Gasteiger partial charge in [-0.2, -0.15) is 4.31 Å². The predicted octanol–water partition coefficient (Wildman–Crippen LogP) is 3.06. The second-order valence-electron chi connectivity index (χ2n) is 4.92. The summed E-state index contributed by atoms with van der Waals surface area (Å²) in [5.74, 6) is 0.487. The minimum atomic E-state index is -3.97. The molecule has 0 aromatic heterocycles. The molecule has 0 saturated heterocycles. The number of hydrogen-bond donors (Lipinski definition) is 0. The van der Waals surface area contributed by atoms with Crippen LogP contribution in [-0.4, -0.2) is 28.6 Å². The van der Waals surface area contributed by atoms with Gasteiger partial charge in [0, 0.05) is 16.7 Å². The summed E-state index contributed by atoms with van der Waals surface area (Å²) >= 11 is 2.12. The van der Waals surface area contributed by atoms with Crippen LogP contribution in [0.5, 0.6) is 5.75 Å². The Morgan fingerprint density at radius 3 is 2.35 bits per heavy atom. The summed E-state index contributed by atoms with van der Waals surface area (Å²) in [5.41, 5.74) is 0.611. The Labute approximate surface area is 147 Å². The lowest BCUT2D eigenvalue weighted by atomic mass is 10.2. The molecule has 120 valence electrons. The third kappa shape index (κ3) is 2.55. The van der Waals surface area contributed by atoms with Gasteiger partial charge in [0.05, 0.1) is 18.5 Å². The van der Waals surface area contributed by atoms with Crippen LogP contribution in [0.4, 0.5) is 16.2 Å². The molecule has 0 radical (unpaired) electrons. The molecule has 1 heterocycles. The zero-order valence-electron chi connectivity index (χ0n) is 12.4. The molecule has 0 N–H and O–H groups in total. The van der Waals surface area contributed by atoms with Crippen molar-refractivity contribution in [3.8, 4) is 5.75 Å². The molecule has 3 rings (SSSR count). The van der Waals surface area contributed by atoms with Crippen LogP contribution in [0.25, 0.3) is 0 Å². The summed E-state index contributed by atoms with van der Waals surface area (Å²) in [5, 5.41) is 0. The molecule has 1 aliphatic rings. The fraction of sp³-hybridized carbons (Fsp3) is 0.133. The van der Waals surface area contributed by atoms with E-state index in [1.54, 1.807) is 30.3 Å². The first-order valence-electron chi connectivity index (χ1n) is 6.63. The number of halogens is 1. The van der Waals surface area contributed by atoms with Gasteiger partial charge < -0.3 is 4.74 Å². The summed E-state index contributed by atoms with van der Waals surface area (Å²) in [6.07, 6.45) is 0. The molecule has 0 unspecified atom stereocenters. The van der Waals surface area contributed by atoms with Gasteiger partial charge in [-0.05, 0) is 59.0 Å². The minimum Gasteiger partial charge on any atom is -0.497 e. The molecule has 2 aromatic carbocycles. The Kier molecular flexibility index (Phi) is 3.96. The lowest BCUT2D eigenvalue weighted by molar-refractivity contribution is 0.255. The Morgan fingerprint density at radius 2 is 1.74 bits per heavy atom. The zero-order valence-corrected chi connectivity index (χ0v) is 15.3. The Morgan fingerprint density at radius 1 is 1.09 bits per heavy atom. The first kappa shape index (κ1) is 16.1. The van der Waals surface area contributed by atoms with E-state index in [0.29, 0.717) is 17.1 Å². The molecule has 0 spiro atoms. The molecule has 0 saturated carbocycles. The van der Waals surface area contributed by atoms with Crippen molar-refractivity contribution in [1.29, 1.82) is 0 Å². The average Bonchev–Trinajstić information content (AvgIpc) is 2.54. The molecular formula is C15H13IN2O4S. The van der Waals surface area contributed by atoms with Gasteiger partial charge in [0.15, 0.2) is 0 Å². The molecular weight excluding hydrogens is 431 g/mol. The molecule has 2 aromatic rings. The van der Waals surface area contributed by atoms with Gasteiger partial charge >= 0.3 is 6.03 Å². The van der Waals surface area contributed by atoms with Crippen molar-refractivity contribution in [1.82, 2.24) is 0 Å². The number of amides is 2. The first-order valence-corrected chi connectivity index (χ1v) is 9.15. The number of hydrogen-bond acceptors (Lipinski definition) is 4. The molecule has 2 amide bonds. The van der Waals surface area contributed by atoms with E-state index >= 15 is 0 Å². The van der Waals surface area contributed by atoms with E-state index in [9.17, 15) is 13.2 Å². The van der Waals surface area contributed by atoms with Crippen molar-refractivity contribution < 1.29 is 17.9 Å². The molecule has 0 aliphatic carbocycles. The van der Waals surface area contributed by atoms with Crippen molar-refractivity contribution >= 4 is 50.0 Å². The van der Waals surface area contributed by atoms with Crippen LogP contribution in [0.15, 0.2) is 47.4 Å². The highest BCUT2D eigenvalue weighted by molar-refractivity contribution is 14.1. The van der Waals surface area contributed by atoms with Gasteiger partial charge in [-0.1, -0.05) is 0 Å². The summed E-state index contributed by atoms with van der Waals surface area (Å²) in [7, 11) is -0.950. The SMILES string of the molecule is COc1ccc2c(c1)N(C)C(=O)N(c1ccc(I)cc1)S2(=O)=O. The van der Waals surface area contributed by atoms with Gasteiger partial charge in [0.1, 0.15) is 10.6 Å². The van der Waals surface area contributed by atoms with Crippen LogP contribution in [-0.2, 0) is 10.0 Å². The number of sulfonamides is 1. The largest absolute Gasteiger partial charge is 0.497 e. The molecule has 0 fully saturated rings. The van der Waals surface area contributed by atoms with Crippen LogP contribution < -0.4 is 13.9 Å². The first-order chi connectivity index (χ1) is 10.9. The van der Waals surface area contributed by atoms with E-state index in [-0.39, 0.29) is 4.90 Å². The topological polar surface area (TPSA) is 66.9 Å². The van der Waals surface area contributed by atoms with Crippen LogP contribution in [0.1, 0.15) is 0 Å². The van der Waals surface area contributed by atoms with E-state index in [4.69, 9.17) is 4.74 Å². The number of rotatable bonds is 2. The highest BCUT2D eigenvalue weighted by Gasteiger charge is 2.41. The fourth-order valence-electron chi connectivity index (χ4n) is 2.37. The van der Waals surface area contributed by atoms with Gasteiger partial charge in [0.25, 0.3) is 10.0 Å². The predicted molar refractivity (Wildman–Crippen MR) is 95.6 cm³/mol. The zero-order chi connectivity index (χ0) is 16.8. The summed E-state index contributed by atoms with van der Waals surface area (Å²) in [4.78, 5) is 14.0. The Bertz CT molecular complexity index is 881. The van der Waals surface area contributed by atoms with Crippen molar-refractivity contribution in [2.45, 2.75) is 4.90 Å². The van der Waals surface area contributed by atoms with E-state index in [0.717, 1.165) is 7.88 Å². The highest BCUT2D eigenvalue weighted by Crippen LogP contribution is 2.38. The Balaban J connectivity index is 2.21. The van der Waals surface area contributed by atoms with Crippen LogP contribution in [0, 0.1) is 3.57 Å².